The second-order valence-electron chi connectivity index (χ2n) is 6.30. The Balaban J connectivity index is 2.08. The van der Waals surface area contributed by atoms with Crippen molar-refractivity contribution < 1.29 is 9.47 Å². The number of thiophene rings is 1. The van der Waals surface area contributed by atoms with Gasteiger partial charge in [0.25, 0.3) is 0 Å². The first kappa shape index (κ1) is 15.2. The summed E-state index contributed by atoms with van der Waals surface area (Å²) in [5.41, 5.74) is 3.94. The molecule has 0 amide bonds. The van der Waals surface area contributed by atoms with Gasteiger partial charge in [-0.25, -0.2) is 15.0 Å². The molecule has 7 heteroatoms. The van der Waals surface area contributed by atoms with E-state index in [-0.39, 0.29) is 5.60 Å². The maximum Gasteiger partial charge on any atom is 0.150 e. The van der Waals surface area contributed by atoms with Crippen molar-refractivity contribution in [1.82, 2.24) is 15.0 Å². The van der Waals surface area contributed by atoms with Crippen LogP contribution in [0.5, 0.6) is 0 Å². The fourth-order valence-corrected chi connectivity index (χ4v) is 4.39. The van der Waals surface area contributed by atoms with Crippen molar-refractivity contribution in [2.24, 2.45) is 0 Å². The van der Waals surface area contributed by atoms with Gasteiger partial charge in [-0.2, -0.15) is 0 Å². The third kappa shape index (κ3) is 2.41. The van der Waals surface area contributed by atoms with Crippen LogP contribution in [-0.2, 0) is 29.1 Å². The van der Waals surface area contributed by atoms with Gasteiger partial charge in [-0.15, -0.1) is 11.3 Å². The van der Waals surface area contributed by atoms with E-state index in [1.807, 2.05) is 0 Å². The van der Waals surface area contributed by atoms with Gasteiger partial charge in [-0.1, -0.05) is 11.6 Å². The minimum Gasteiger partial charge on any atom is -0.380 e. The second-order valence-corrected chi connectivity index (χ2v) is 7.66. The highest BCUT2D eigenvalue weighted by atomic mass is 35.5. The highest BCUT2D eigenvalue weighted by Gasteiger charge is 2.30. The molecule has 3 aromatic heterocycles. The summed E-state index contributed by atoms with van der Waals surface area (Å²) in [7, 11) is 1.70. The lowest BCUT2D eigenvalue weighted by atomic mass is 9.92. The Morgan fingerprint density at radius 1 is 1.39 bits per heavy atom. The third-order valence-corrected chi connectivity index (χ3v) is 5.63. The van der Waals surface area contributed by atoms with E-state index in [1.54, 1.807) is 7.11 Å². The SMILES string of the molecule is COCc1c2c(nc3sc4c(Cl)ncnc4c13)CC(C)(C)OC2. The number of aromatic nitrogens is 3. The summed E-state index contributed by atoms with van der Waals surface area (Å²) in [6, 6.07) is 0. The summed E-state index contributed by atoms with van der Waals surface area (Å²) >= 11 is 7.78. The number of methoxy groups -OCH3 is 1. The topological polar surface area (TPSA) is 57.1 Å². The van der Waals surface area contributed by atoms with Crippen LogP contribution >= 0.6 is 22.9 Å². The van der Waals surface area contributed by atoms with Crippen LogP contribution < -0.4 is 0 Å². The lowest BCUT2D eigenvalue weighted by Crippen LogP contribution is -2.33. The summed E-state index contributed by atoms with van der Waals surface area (Å²) in [4.78, 5) is 14.3. The largest absolute Gasteiger partial charge is 0.380 e. The molecule has 0 unspecified atom stereocenters. The predicted octanol–water partition coefficient (Wildman–Crippen LogP) is 3.89. The smallest absolute Gasteiger partial charge is 0.150 e. The van der Waals surface area contributed by atoms with Crippen molar-refractivity contribution in [2.75, 3.05) is 7.11 Å². The molecule has 0 spiro atoms. The quantitative estimate of drug-likeness (QED) is 0.657. The highest BCUT2D eigenvalue weighted by Crippen LogP contribution is 2.40. The summed E-state index contributed by atoms with van der Waals surface area (Å²) < 4.78 is 12.3. The first-order valence-corrected chi connectivity index (χ1v) is 8.56. The molecule has 0 radical (unpaired) electrons. The fourth-order valence-electron chi connectivity index (χ4n) is 3.08. The first-order valence-electron chi connectivity index (χ1n) is 7.36. The fraction of sp³-hybridized carbons (Fsp3) is 0.438. The molecule has 0 aromatic carbocycles. The van der Waals surface area contributed by atoms with Crippen molar-refractivity contribution in [1.29, 1.82) is 0 Å². The monoisotopic (exact) mass is 349 g/mol. The van der Waals surface area contributed by atoms with Crippen molar-refractivity contribution in [3.8, 4) is 0 Å². The molecule has 1 aliphatic heterocycles. The molecule has 5 nitrogen and oxygen atoms in total. The standard InChI is InChI=1S/C16H16ClN3O2S/c1-16(2)4-10-8(6-22-16)9(5-21-3)11-12-13(23-15(11)20-10)14(17)19-7-18-12/h7H,4-6H2,1-3H3. The molecule has 1 aliphatic rings. The van der Waals surface area contributed by atoms with Gasteiger partial charge in [0.1, 0.15) is 16.3 Å². The molecular weight excluding hydrogens is 334 g/mol. The Labute approximate surface area is 142 Å². The number of hydrogen-bond acceptors (Lipinski definition) is 6. The van der Waals surface area contributed by atoms with Crippen LogP contribution in [0.3, 0.4) is 0 Å². The Morgan fingerprint density at radius 2 is 2.22 bits per heavy atom. The molecule has 0 N–H and O–H groups in total. The molecule has 0 fully saturated rings. The summed E-state index contributed by atoms with van der Waals surface area (Å²) in [6.45, 7) is 5.22. The van der Waals surface area contributed by atoms with Gasteiger partial charge < -0.3 is 9.47 Å². The summed E-state index contributed by atoms with van der Waals surface area (Å²) in [5.74, 6) is 0. The zero-order chi connectivity index (χ0) is 16.2. The van der Waals surface area contributed by atoms with Crippen LogP contribution in [-0.4, -0.2) is 27.7 Å². The van der Waals surface area contributed by atoms with E-state index in [0.717, 1.165) is 43.7 Å². The number of rotatable bonds is 2. The summed E-state index contributed by atoms with van der Waals surface area (Å²) in [6.07, 6.45) is 2.27. The van der Waals surface area contributed by atoms with Gasteiger partial charge in [0.2, 0.25) is 0 Å². The Bertz CT molecular complexity index is 923. The normalized spacial score (nSPS) is 16.9. The highest BCUT2D eigenvalue weighted by molar-refractivity contribution is 7.26. The summed E-state index contributed by atoms with van der Waals surface area (Å²) in [5, 5.41) is 1.48. The van der Waals surface area contributed by atoms with Crippen LogP contribution in [0.25, 0.3) is 20.4 Å². The number of pyridine rings is 1. The molecule has 0 atom stereocenters. The van der Waals surface area contributed by atoms with Crippen LogP contribution in [0.15, 0.2) is 6.33 Å². The van der Waals surface area contributed by atoms with Crippen molar-refractivity contribution in [2.45, 2.75) is 39.1 Å². The molecule has 23 heavy (non-hydrogen) atoms. The maximum absolute atomic E-state index is 6.24. The number of ether oxygens (including phenoxy) is 2. The van der Waals surface area contributed by atoms with E-state index >= 15 is 0 Å². The Hall–Kier alpha value is -1.34. The molecule has 0 aliphatic carbocycles. The molecular formula is C16H16ClN3O2S. The van der Waals surface area contributed by atoms with Gasteiger partial charge in [-0.05, 0) is 19.4 Å². The van der Waals surface area contributed by atoms with Crippen molar-refractivity contribution >= 4 is 43.4 Å². The Kier molecular flexibility index (Phi) is 3.53. The Morgan fingerprint density at radius 3 is 3.00 bits per heavy atom. The van der Waals surface area contributed by atoms with E-state index in [0.29, 0.717) is 18.4 Å². The number of fused-ring (bicyclic) bond motifs is 4. The zero-order valence-electron chi connectivity index (χ0n) is 13.1. The van der Waals surface area contributed by atoms with E-state index < -0.39 is 0 Å². The van der Waals surface area contributed by atoms with Crippen LogP contribution in [0.2, 0.25) is 5.15 Å². The van der Waals surface area contributed by atoms with E-state index in [1.165, 1.54) is 17.7 Å². The zero-order valence-corrected chi connectivity index (χ0v) is 14.7. The molecule has 0 saturated carbocycles. The predicted molar refractivity (Wildman–Crippen MR) is 91.0 cm³/mol. The lowest BCUT2D eigenvalue weighted by Gasteiger charge is -2.32. The van der Waals surface area contributed by atoms with Crippen molar-refractivity contribution in [3.05, 3.63) is 28.3 Å². The van der Waals surface area contributed by atoms with Gasteiger partial charge >= 0.3 is 0 Å². The number of nitrogens with zero attached hydrogens (tertiary/aromatic N) is 3. The van der Waals surface area contributed by atoms with Gasteiger partial charge in [-0.3, -0.25) is 0 Å². The molecule has 120 valence electrons. The first-order chi connectivity index (χ1) is 11.0. The van der Waals surface area contributed by atoms with E-state index in [4.69, 9.17) is 26.1 Å². The molecule has 4 heterocycles. The van der Waals surface area contributed by atoms with Crippen LogP contribution in [0.4, 0.5) is 0 Å². The maximum atomic E-state index is 6.24. The minimum absolute atomic E-state index is 0.202. The lowest BCUT2D eigenvalue weighted by molar-refractivity contribution is -0.0419. The van der Waals surface area contributed by atoms with Gasteiger partial charge in [0, 0.05) is 24.5 Å². The number of halogens is 1. The van der Waals surface area contributed by atoms with Crippen LogP contribution in [0, 0.1) is 0 Å². The molecule has 0 bridgehead atoms. The average Bonchev–Trinajstić information content (AvgIpc) is 2.85. The van der Waals surface area contributed by atoms with Crippen LogP contribution in [0.1, 0.15) is 30.7 Å². The van der Waals surface area contributed by atoms with E-state index in [9.17, 15) is 0 Å². The molecule has 0 saturated heterocycles. The van der Waals surface area contributed by atoms with Gasteiger partial charge in [0.05, 0.1) is 34.7 Å². The second kappa shape index (κ2) is 5.34. The number of hydrogen-bond donors (Lipinski definition) is 0. The van der Waals surface area contributed by atoms with Gasteiger partial charge in [0.15, 0.2) is 0 Å². The van der Waals surface area contributed by atoms with Crippen molar-refractivity contribution in [3.63, 3.8) is 0 Å². The average molecular weight is 350 g/mol. The molecule has 3 aromatic rings. The van der Waals surface area contributed by atoms with E-state index in [2.05, 4.69) is 23.8 Å². The minimum atomic E-state index is -0.202. The molecule has 4 rings (SSSR count). The third-order valence-electron chi connectivity index (χ3n) is 4.15.